The Balaban J connectivity index is 1.36. The van der Waals surface area contributed by atoms with Gasteiger partial charge in [0.2, 0.25) is 11.8 Å². The number of carbonyl (C=O) groups is 2. The fourth-order valence-corrected chi connectivity index (χ4v) is 4.85. The molecule has 1 aliphatic carbocycles. The Labute approximate surface area is 162 Å². The van der Waals surface area contributed by atoms with Crippen molar-refractivity contribution in [2.75, 3.05) is 44.7 Å². The molecule has 2 amide bonds. The highest BCUT2D eigenvalue weighted by Gasteiger charge is 2.49. The third-order valence-electron chi connectivity index (χ3n) is 6.80. The van der Waals surface area contributed by atoms with Crippen molar-refractivity contribution in [1.29, 1.82) is 0 Å². The maximum Gasteiger partial charge on any atom is 0.242 e. The summed E-state index contributed by atoms with van der Waals surface area (Å²) in [5.41, 5.74) is 0.725. The molecule has 1 atom stereocenters. The molecule has 5 heteroatoms. The molecule has 1 saturated carbocycles. The van der Waals surface area contributed by atoms with Crippen molar-refractivity contribution in [2.24, 2.45) is 11.3 Å². The number of likely N-dealkylation sites (N-methyl/N-ethyl adjacent to an activating group) is 1. The topological polar surface area (TPSA) is 43.9 Å². The van der Waals surface area contributed by atoms with Crippen molar-refractivity contribution in [2.45, 2.75) is 38.5 Å². The molecule has 5 nitrogen and oxygen atoms in total. The quantitative estimate of drug-likeness (QED) is 0.802. The first-order valence-electron chi connectivity index (χ1n) is 10.4. The van der Waals surface area contributed by atoms with Crippen LogP contribution in [-0.2, 0) is 9.59 Å². The minimum Gasteiger partial charge on any atom is -0.365 e. The van der Waals surface area contributed by atoms with Gasteiger partial charge in [-0.05, 0) is 50.2 Å². The van der Waals surface area contributed by atoms with Crippen LogP contribution in [0, 0.1) is 11.3 Å². The van der Waals surface area contributed by atoms with Gasteiger partial charge in [-0.15, -0.1) is 0 Å². The van der Waals surface area contributed by atoms with Crippen LogP contribution in [0.1, 0.15) is 38.5 Å². The van der Waals surface area contributed by atoms with E-state index in [2.05, 4.69) is 4.90 Å². The average Bonchev–Trinajstić information content (AvgIpc) is 3.07. The van der Waals surface area contributed by atoms with Gasteiger partial charge in [0, 0.05) is 38.9 Å². The SMILES string of the molecule is CN(CC(=O)N1CCC2(CCCN(CC3CCC3)C2=O)C1)c1ccccc1. The van der Waals surface area contributed by atoms with E-state index in [9.17, 15) is 9.59 Å². The van der Waals surface area contributed by atoms with Crippen LogP contribution < -0.4 is 4.90 Å². The van der Waals surface area contributed by atoms with E-state index in [0.29, 0.717) is 31.5 Å². The lowest BCUT2D eigenvalue weighted by atomic mass is 9.77. The smallest absolute Gasteiger partial charge is 0.242 e. The van der Waals surface area contributed by atoms with Crippen LogP contribution in [0.25, 0.3) is 0 Å². The Morgan fingerprint density at radius 1 is 1.15 bits per heavy atom. The number of carbonyl (C=O) groups excluding carboxylic acids is 2. The van der Waals surface area contributed by atoms with Crippen LogP contribution in [0.15, 0.2) is 30.3 Å². The molecule has 0 radical (unpaired) electrons. The first-order valence-corrected chi connectivity index (χ1v) is 10.4. The molecular formula is C22H31N3O2. The number of rotatable bonds is 5. The summed E-state index contributed by atoms with van der Waals surface area (Å²) in [6.07, 6.45) is 6.69. The van der Waals surface area contributed by atoms with Gasteiger partial charge < -0.3 is 14.7 Å². The van der Waals surface area contributed by atoms with Crippen LogP contribution in [0.2, 0.25) is 0 Å². The van der Waals surface area contributed by atoms with E-state index in [1.165, 1.54) is 19.3 Å². The number of benzene rings is 1. The fraction of sp³-hybridized carbons (Fsp3) is 0.636. The predicted molar refractivity (Wildman–Crippen MR) is 106 cm³/mol. The summed E-state index contributed by atoms with van der Waals surface area (Å²) in [5, 5.41) is 0. The summed E-state index contributed by atoms with van der Waals surface area (Å²) in [7, 11) is 1.95. The Hall–Kier alpha value is -2.04. The number of hydrogen-bond donors (Lipinski definition) is 0. The maximum atomic E-state index is 13.2. The molecule has 2 saturated heterocycles. The number of amides is 2. The number of piperidine rings is 1. The zero-order chi connectivity index (χ0) is 18.9. The highest BCUT2D eigenvalue weighted by atomic mass is 16.2. The van der Waals surface area contributed by atoms with Gasteiger partial charge in [0.25, 0.3) is 0 Å². The number of likely N-dealkylation sites (tertiary alicyclic amines) is 2. The van der Waals surface area contributed by atoms with Crippen molar-refractivity contribution in [1.82, 2.24) is 9.80 Å². The van der Waals surface area contributed by atoms with Gasteiger partial charge in [-0.25, -0.2) is 0 Å². The van der Waals surface area contributed by atoms with Gasteiger partial charge >= 0.3 is 0 Å². The van der Waals surface area contributed by atoms with Crippen molar-refractivity contribution < 1.29 is 9.59 Å². The fourth-order valence-electron chi connectivity index (χ4n) is 4.85. The van der Waals surface area contributed by atoms with E-state index in [1.54, 1.807) is 0 Å². The van der Waals surface area contributed by atoms with Crippen LogP contribution >= 0.6 is 0 Å². The van der Waals surface area contributed by atoms with Gasteiger partial charge in [0.15, 0.2) is 0 Å². The van der Waals surface area contributed by atoms with E-state index < -0.39 is 0 Å². The highest BCUT2D eigenvalue weighted by molar-refractivity contribution is 5.87. The molecule has 27 heavy (non-hydrogen) atoms. The Morgan fingerprint density at radius 2 is 1.93 bits per heavy atom. The van der Waals surface area contributed by atoms with Crippen molar-refractivity contribution in [3.63, 3.8) is 0 Å². The van der Waals surface area contributed by atoms with E-state index in [0.717, 1.165) is 38.0 Å². The zero-order valence-corrected chi connectivity index (χ0v) is 16.4. The second-order valence-electron chi connectivity index (χ2n) is 8.69. The molecule has 0 bridgehead atoms. The number of hydrogen-bond acceptors (Lipinski definition) is 3. The van der Waals surface area contributed by atoms with Gasteiger partial charge in [-0.2, -0.15) is 0 Å². The molecule has 4 rings (SSSR count). The molecule has 2 heterocycles. The van der Waals surface area contributed by atoms with Crippen molar-refractivity contribution >= 4 is 17.5 Å². The Kier molecular flexibility index (Phi) is 5.11. The van der Waals surface area contributed by atoms with Gasteiger partial charge in [-0.3, -0.25) is 9.59 Å². The molecule has 3 fully saturated rings. The molecule has 1 unspecified atom stereocenters. The van der Waals surface area contributed by atoms with E-state index in [1.807, 2.05) is 47.2 Å². The summed E-state index contributed by atoms with van der Waals surface area (Å²) in [6, 6.07) is 9.98. The maximum absolute atomic E-state index is 13.2. The Morgan fingerprint density at radius 3 is 2.63 bits per heavy atom. The third kappa shape index (κ3) is 3.69. The third-order valence-corrected chi connectivity index (χ3v) is 6.80. The number of anilines is 1. The standard InChI is InChI=1S/C22H31N3O2/c1-23(19-9-3-2-4-10-19)16-20(26)25-14-12-22(17-25)11-6-13-24(21(22)27)15-18-7-5-8-18/h2-4,9-10,18H,5-8,11-17H2,1H3. The van der Waals surface area contributed by atoms with Crippen molar-refractivity contribution in [3.8, 4) is 0 Å². The minimum atomic E-state index is -0.316. The lowest BCUT2D eigenvalue weighted by Gasteiger charge is -2.42. The summed E-state index contributed by atoms with van der Waals surface area (Å²) in [6.45, 7) is 3.52. The normalized spacial score (nSPS) is 25.7. The molecule has 2 aliphatic heterocycles. The lowest BCUT2D eigenvalue weighted by Crippen LogP contribution is -2.52. The largest absolute Gasteiger partial charge is 0.365 e. The number of nitrogens with zero attached hydrogens (tertiary/aromatic N) is 3. The summed E-state index contributed by atoms with van der Waals surface area (Å²) in [5.74, 6) is 1.15. The van der Waals surface area contributed by atoms with Crippen LogP contribution in [0.5, 0.6) is 0 Å². The second-order valence-corrected chi connectivity index (χ2v) is 8.69. The molecule has 1 aromatic carbocycles. The number of para-hydroxylation sites is 1. The van der Waals surface area contributed by atoms with E-state index in [-0.39, 0.29) is 11.3 Å². The average molecular weight is 370 g/mol. The Bertz CT molecular complexity index is 688. The molecule has 3 aliphatic rings. The monoisotopic (exact) mass is 369 g/mol. The van der Waals surface area contributed by atoms with Gasteiger partial charge in [-0.1, -0.05) is 24.6 Å². The van der Waals surface area contributed by atoms with E-state index >= 15 is 0 Å². The first kappa shape index (κ1) is 18.3. The summed E-state index contributed by atoms with van der Waals surface area (Å²) >= 11 is 0. The highest BCUT2D eigenvalue weighted by Crippen LogP contribution is 2.41. The minimum absolute atomic E-state index is 0.127. The van der Waals surface area contributed by atoms with Crippen LogP contribution in [0.3, 0.4) is 0 Å². The molecule has 0 aromatic heterocycles. The predicted octanol–water partition coefficient (Wildman–Crippen LogP) is 2.76. The second kappa shape index (κ2) is 7.53. The van der Waals surface area contributed by atoms with Gasteiger partial charge in [0.1, 0.15) is 0 Å². The molecule has 146 valence electrons. The van der Waals surface area contributed by atoms with Crippen LogP contribution in [0.4, 0.5) is 5.69 Å². The zero-order valence-electron chi connectivity index (χ0n) is 16.4. The summed E-state index contributed by atoms with van der Waals surface area (Å²) < 4.78 is 0. The van der Waals surface area contributed by atoms with Crippen molar-refractivity contribution in [3.05, 3.63) is 30.3 Å². The molecule has 1 aromatic rings. The molecule has 0 N–H and O–H groups in total. The summed E-state index contributed by atoms with van der Waals surface area (Å²) in [4.78, 5) is 32.1. The lowest BCUT2D eigenvalue weighted by molar-refractivity contribution is -0.147. The first-order chi connectivity index (χ1) is 13.1. The molecule has 1 spiro atoms. The van der Waals surface area contributed by atoms with E-state index in [4.69, 9.17) is 0 Å². The van der Waals surface area contributed by atoms with Gasteiger partial charge in [0.05, 0.1) is 12.0 Å². The van der Waals surface area contributed by atoms with Crippen LogP contribution in [-0.4, -0.2) is 61.4 Å². The molecular weight excluding hydrogens is 338 g/mol.